The predicted molar refractivity (Wildman–Crippen MR) is 108 cm³/mol. The molecule has 1 aliphatic heterocycles. The van der Waals surface area contributed by atoms with Gasteiger partial charge < -0.3 is 4.90 Å². The van der Waals surface area contributed by atoms with Gasteiger partial charge in [0.1, 0.15) is 0 Å². The second-order valence-electron chi connectivity index (χ2n) is 5.84. The number of aliphatic imine (C=N–C) groups is 1. The lowest BCUT2D eigenvalue weighted by Gasteiger charge is -2.11. The van der Waals surface area contributed by atoms with Gasteiger partial charge in [0.25, 0.3) is 5.91 Å². The normalized spacial score (nSPS) is 17.6. The molecule has 0 saturated carbocycles. The van der Waals surface area contributed by atoms with Crippen LogP contribution >= 0.6 is 23.4 Å². The predicted octanol–water partition coefficient (Wildman–Crippen LogP) is 4.64. The molecule has 0 atom stereocenters. The van der Waals surface area contributed by atoms with Gasteiger partial charge >= 0.3 is 0 Å². The highest BCUT2D eigenvalue weighted by molar-refractivity contribution is 8.18. The van der Waals surface area contributed by atoms with Gasteiger partial charge in [-0.2, -0.15) is 0 Å². The minimum absolute atomic E-state index is 0.0533. The van der Waals surface area contributed by atoms with E-state index in [1.54, 1.807) is 24.1 Å². The van der Waals surface area contributed by atoms with Gasteiger partial charge in [-0.1, -0.05) is 29.8 Å². The SMILES string of the molecule is CN1C(=O)/C(=C\c2ccc(N(C)C)cc2)SC1=Nc1cccc(Cl)c1. The fourth-order valence-corrected chi connectivity index (χ4v) is 3.50. The first-order valence-electron chi connectivity index (χ1n) is 7.73. The standard InChI is InChI=1S/C19H18ClN3OS/c1-22(2)16-9-7-13(8-10-16)11-17-18(24)23(3)19(25-17)21-15-6-4-5-14(20)12-15/h4-12H,1-3H3/b17-11+,21-19?. The lowest BCUT2D eigenvalue weighted by atomic mass is 10.2. The molecule has 0 bridgehead atoms. The van der Waals surface area contributed by atoms with Crippen LogP contribution in [0.5, 0.6) is 0 Å². The zero-order valence-electron chi connectivity index (χ0n) is 14.2. The van der Waals surface area contributed by atoms with Crippen molar-refractivity contribution in [3.63, 3.8) is 0 Å². The van der Waals surface area contributed by atoms with Gasteiger partial charge in [-0.25, -0.2) is 4.99 Å². The molecule has 1 saturated heterocycles. The first-order valence-corrected chi connectivity index (χ1v) is 8.93. The summed E-state index contributed by atoms with van der Waals surface area (Å²) in [6.07, 6.45) is 1.89. The van der Waals surface area contributed by atoms with Crippen molar-refractivity contribution in [1.82, 2.24) is 4.90 Å². The van der Waals surface area contributed by atoms with E-state index in [9.17, 15) is 4.79 Å². The second-order valence-corrected chi connectivity index (χ2v) is 7.28. The van der Waals surface area contributed by atoms with E-state index < -0.39 is 0 Å². The summed E-state index contributed by atoms with van der Waals surface area (Å²) in [7, 11) is 5.73. The number of carbonyl (C=O) groups excluding carboxylic acids is 1. The van der Waals surface area contributed by atoms with Crippen molar-refractivity contribution < 1.29 is 4.79 Å². The van der Waals surface area contributed by atoms with Crippen LogP contribution in [0, 0.1) is 0 Å². The highest BCUT2D eigenvalue weighted by Gasteiger charge is 2.30. The van der Waals surface area contributed by atoms with Gasteiger partial charge in [0.2, 0.25) is 0 Å². The second kappa shape index (κ2) is 7.33. The largest absolute Gasteiger partial charge is 0.378 e. The molecule has 0 spiro atoms. The van der Waals surface area contributed by atoms with Gasteiger partial charge in [0.15, 0.2) is 5.17 Å². The van der Waals surface area contributed by atoms with E-state index in [1.165, 1.54) is 11.8 Å². The summed E-state index contributed by atoms with van der Waals surface area (Å²) in [6.45, 7) is 0. The molecule has 1 amide bonds. The molecule has 0 aromatic heterocycles. The molecular weight excluding hydrogens is 354 g/mol. The maximum atomic E-state index is 12.5. The Morgan fingerprint density at radius 3 is 2.52 bits per heavy atom. The number of likely N-dealkylation sites (N-methyl/N-ethyl adjacent to an activating group) is 1. The minimum Gasteiger partial charge on any atom is -0.378 e. The molecule has 6 heteroatoms. The molecule has 0 unspecified atom stereocenters. The Balaban J connectivity index is 1.85. The number of nitrogens with zero attached hydrogens (tertiary/aromatic N) is 3. The molecule has 1 heterocycles. The topological polar surface area (TPSA) is 35.9 Å². The Labute approximate surface area is 156 Å². The number of halogens is 1. The monoisotopic (exact) mass is 371 g/mol. The zero-order valence-corrected chi connectivity index (χ0v) is 15.8. The number of amides is 1. The van der Waals surface area contributed by atoms with Crippen LogP contribution < -0.4 is 4.90 Å². The van der Waals surface area contributed by atoms with Gasteiger partial charge in [-0.3, -0.25) is 9.69 Å². The number of thioether (sulfide) groups is 1. The maximum absolute atomic E-state index is 12.5. The third-order valence-electron chi connectivity index (χ3n) is 3.74. The number of rotatable bonds is 3. The Morgan fingerprint density at radius 1 is 1.16 bits per heavy atom. The summed E-state index contributed by atoms with van der Waals surface area (Å²) in [5.41, 5.74) is 2.83. The first kappa shape index (κ1) is 17.6. The maximum Gasteiger partial charge on any atom is 0.266 e. The smallest absolute Gasteiger partial charge is 0.266 e. The van der Waals surface area contributed by atoms with Crippen molar-refractivity contribution in [2.45, 2.75) is 0 Å². The first-order chi connectivity index (χ1) is 11.9. The number of hydrogen-bond donors (Lipinski definition) is 0. The fourth-order valence-electron chi connectivity index (χ4n) is 2.33. The third-order valence-corrected chi connectivity index (χ3v) is 5.04. The lowest BCUT2D eigenvalue weighted by molar-refractivity contribution is -0.121. The van der Waals surface area contributed by atoms with Crippen LogP contribution in [-0.2, 0) is 4.79 Å². The van der Waals surface area contributed by atoms with E-state index in [2.05, 4.69) is 4.99 Å². The summed E-state index contributed by atoms with van der Waals surface area (Å²) >= 11 is 7.36. The molecule has 1 aliphatic rings. The van der Waals surface area contributed by atoms with Gasteiger partial charge in [-0.15, -0.1) is 0 Å². The van der Waals surface area contributed by atoms with E-state index in [0.29, 0.717) is 15.1 Å². The molecule has 1 fully saturated rings. The number of carbonyl (C=O) groups is 1. The zero-order chi connectivity index (χ0) is 18.0. The van der Waals surface area contributed by atoms with Crippen LogP contribution in [0.2, 0.25) is 5.02 Å². The van der Waals surface area contributed by atoms with Gasteiger partial charge in [-0.05, 0) is 53.7 Å². The molecule has 2 aromatic rings. The van der Waals surface area contributed by atoms with E-state index in [4.69, 9.17) is 11.6 Å². The number of benzene rings is 2. The highest BCUT2D eigenvalue weighted by atomic mass is 35.5. The molecule has 128 valence electrons. The van der Waals surface area contributed by atoms with Crippen LogP contribution in [0.4, 0.5) is 11.4 Å². The Bertz CT molecular complexity index is 859. The van der Waals surface area contributed by atoms with Gasteiger partial charge in [0.05, 0.1) is 10.6 Å². The number of amidine groups is 1. The van der Waals surface area contributed by atoms with E-state index in [-0.39, 0.29) is 5.91 Å². The number of hydrogen-bond acceptors (Lipinski definition) is 4. The average Bonchev–Trinajstić information content (AvgIpc) is 2.83. The summed E-state index contributed by atoms with van der Waals surface area (Å²) in [5.74, 6) is -0.0533. The van der Waals surface area contributed by atoms with Crippen LogP contribution in [0.3, 0.4) is 0 Å². The summed E-state index contributed by atoms with van der Waals surface area (Å²) in [5, 5.41) is 1.26. The molecule has 0 aliphatic carbocycles. The van der Waals surface area contributed by atoms with Crippen molar-refractivity contribution in [3.8, 4) is 0 Å². The fraction of sp³-hybridized carbons (Fsp3) is 0.158. The van der Waals surface area contributed by atoms with Crippen molar-refractivity contribution in [2.24, 2.45) is 4.99 Å². The average molecular weight is 372 g/mol. The van der Waals surface area contributed by atoms with Gasteiger partial charge in [0, 0.05) is 31.9 Å². The molecule has 0 N–H and O–H groups in total. The quantitative estimate of drug-likeness (QED) is 0.737. The van der Waals surface area contributed by atoms with E-state index in [1.807, 2.05) is 61.5 Å². The molecule has 2 aromatic carbocycles. The lowest BCUT2D eigenvalue weighted by Crippen LogP contribution is -2.23. The van der Waals surface area contributed by atoms with Crippen LogP contribution in [0.1, 0.15) is 5.56 Å². The third kappa shape index (κ3) is 4.06. The molecule has 25 heavy (non-hydrogen) atoms. The Kier molecular flexibility index (Phi) is 5.16. The Hall–Kier alpha value is -2.24. The number of anilines is 1. The molecule has 3 rings (SSSR count). The van der Waals surface area contributed by atoms with Crippen LogP contribution in [0.25, 0.3) is 6.08 Å². The van der Waals surface area contributed by atoms with E-state index in [0.717, 1.165) is 16.9 Å². The summed E-state index contributed by atoms with van der Waals surface area (Å²) in [6, 6.07) is 15.3. The van der Waals surface area contributed by atoms with E-state index >= 15 is 0 Å². The van der Waals surface area contributed by atoms with Crippen LogP contribution in [-0.4, -0.2) is 37.1 Å². The summed E-state index contributed by atoms with van der Waals surface area (Å²) < 4.78 is 0. The molecule has 0 radical (unpaired) electrons. The van der Waals surface area contributed by atoms with Crippen molar-refractivity contribution in [2.75, 3.05) is 26.0 Å². The Morgan fingerprint density at radius 2 is 1.88 bits per heavy atom. The minimum atomic E-state index is -0.0533. The van der Waals surface area contributed by atoms with Crippen molar-refractivity contribution in [3.05, 3.63) is 64.0 Å². The van der Waals surface area contributed by atoms with Crippen molar-refractivity contribution >= 4 is 51.9 Å². The summed E-state index contributed by atoms with van der Waals surface area (Å²) in [4.78, 5) is 21.3. The van der Waals surface area contributed by atoms with Crippen LogP contribution in [0.15, 0.2) is 58.4 Å². The molecule has 4 nitrogen and oxygen atoms in total. The molecular formula is C19H18ClN3OS. The van der Waals surface area contributed by atoms with Crippen molar-refractivity contribution in [1.29, 1.82) is 0 Å². The highest BCUT2D eigenvalue weighted by Crippen LogP contribution is 2.33.